The van der Waals surface area contributed by atoms with Crippen molar-refractivity contribution in [3.05, 3.63) is 95.2 Å². The molecule has 3 aliphatic heterocycles. The second-order valence-electron chi connectivity index (χ2n) is 10.7. The van der Waals surface area contributed by atoms with Gasteiger partial charge in [0.05, 0.1) is 24.5 Å². The number of hydrogen-bond donors (Lipinski definition) is 2. The average Bonchev–Trinajstić information content (AvgIpc) is 3.72. The lowest BCUT2D eigenvalue weighted by atomic mass is 9.89. The summed E-state index contributed by atoms with van der Waals surface area (Å²) >= 11 is 0. The molecule has 0 spiro atoms. The van der Waals surface area contributed by atoms with E-state index in [1.165, 1.54) is 4.90 Å². The Bertz CT molecular complexity index is 1660. The molecule has 7 rings (SSSR count). The predicted molar refractivity (Wildman–Crippen MR) is 153 cm³/mol. The van der Waals surface area contributed by atoms with Crippen molar-refractivity contribution < 1.29 is 23.9 Å². The fourth-order valence-corrected chi connectivity index (χ4v) is 6.40. The highest BCUT2D eigenvalue weighted by atomic mass is 16.5. The van der Waals surface area contributed by atoms with E-state index in [9.17, 15) is 14.4 Å². The summed E-state index contributed by atoms with van der Waals surface area (Å²) in [6.45, 7) is 1.07. The summed E-state index contributed by atoms with van der Waals surface area (Å²) in [5.41, 5.74) is 4.28. The topological polar surface area (TPSA) is 104 Å². The number of aromatic amines is 1. The number of anilines is 1. The third kappa shape index (κ3) is 4.15. The predicted octanol–water partition coefficient (Wildman–Crippen LogP) is 4.57. The number of hydrogen-bond acceptors (Lipinski definition) is 5. The average molecular weight is 551 g/mol. The van der Waals surface area contributed by atoms with E-state index in [0.717, 1.165) is 40.6 Å². The number of imide groups is 1. The van der Waals surface area contributed by atoms with Crippen molar-refractivity contribution in [2.24, 2.45) is 0 Å². The fraction of sp³-hybridized carbons (Fsp3) is 0.281. The number of nitrogens with zero attached hydrogens (tertiary/aromatic N) is 2. The van der Waals surface area contributed by atoms with Crippen LogP contribution in [0.5, 0.6) is 5.75 Å². The molecule has 0 unspecified atom stereocenters. The second-order valence-corrected chi connectivity index (χ2v) is 10.7. The molecule has 2 saturated heterocycles. The Morgan fingerprint density at radius 3 is 2.61 bits per heavy atom. The molecular formula is C32H30N4O5. The number of H-pyrrole nitrogens is 1. The van der Waals surface area contributed by atoms with E-state index in [0.29, 0.717) is 25.3 Å². The lowest BCUT2D eigenvalue weighted by molar-refractivity contribution is -0.120. The van der Waals surface area contributed by atoms with Crippen LogP contribution >= 0.6 is 0 Å². The van der Waals surface area contributed by atoms with Gasteiger partial charge in [-0.1, -0.05) is 42.5 Å². The van der Waals surface area contributed by atoms with Crippen molar-refractivity contribution in [3.63, 3.8) is 0 Å². The molecule has 2 N–H and O–H groups in total. The number of urea groups is 1. The smallest absolute Gasteiger partial charge is 0.332 e. The molecule has 3 atom stereocenters. The standard InChI is InChI=1S/C32H30N4O5/c1-40-20-14-12-19(13-15-20)29-28-24(22-8-2-4-10-25(22)34-28)17-27-31(38)36(32(39)35(27)29)26-11-5-3-9-23(26)30(37)33-18-21-7-6-16-41-21/h2-5,8-15,21,27,29,34H,6-7,16-18H2,1H3,(H,33,37)/t21-,27-,29-/m0/s1. The number of nitrogens with one attached hydrogen (secondary N) is 2. The lowest BCUT2D eigenvalue weighted by Gasteiger charge is -2.36. The first-order valence-electron chi connectivity index (χ1n) is 13.9. The van der Waals surface area contributed by atoms with Crippen molar-refractivity contribution in [3.8, 4) is 5.75 Å². The number of carbonyl (C=O) groups is 3. The molecule has 208 valence electrons. The van der Waals surface area contributed by atoms with Crippen LogP contribution in [-0.4, -0.2) is 60.1 Å². The van der Waals surface area contributed by atoms with Gasteiger partial charge in [0.15, 0.2) is 0 Å². The lowest BCUT2D eigenvalue weighted by Crippen LogP contribution is -2.44. The second kappa shape index (κ2) is 10.1. The van der Waals surface area contributed by atoms with Crippen LogP contribution in [0.15, 0.2) is 72.8 Å². The first-order valence-corrected chi connectivity index (χ1v) is 13.9. The number of carbonyl (C=O) groups excluding carboxylic acids is 3. The highest BCUT2D eigenvalue weighted by Crippen LogP contribution is 2.45. The summed E-state index contributed by atoms with van der Waals surface area (Å²) < 4.78 is 11.0. The molecule has 4 heterocycles. The van der Waals surface area contributed by atoms with Gasteiger partial charge in [-0.25, -0.2) is 9.69 Å². The maximum atomic E-state index is 14.3. The van der Waals surface area contributed by atoms with Gasteiger partial charge in [0.1, 0.15) is 17.8 Å². The van der Waals surface area contributed by atoms with Crippen LogP contribution in [0, 0.1) is 0 Å². The van der Waals surface area contributed by atoms with Gasteiger partial charge in [0.25, 0.3) is 11.8 Å². The van der Waals surface area contributed by atoms with Crippen molar-refractivity contribution >= 4 is 34.4 Å². The van der Waals surface area contributed by atoms with Gasteiger partial charge in [-0.15, -0.1) is 0 Å². The van der Waals surface area contributed by atoms with Crippen LogP contribution in [0.3, 0.4) is 0 Å². The molecule has 1 aromatic heterocycles. The minimum atomic E-state index is -0.718. The molecule has 9 heteroatoms. The number of fused-ring (bicyclic) bond motifs is 4. The van der Waals surface area contributed by atoms with Crippen LogP contribution in [0.4, 0.5) is 10.5 Å². The third-order valence-corrected chi connectivity index (χ3v) is 8.38. The highest BCUT2D eigenvalue weighted by molar-refractivity contribution is 6.24. The number of benzene rings is 3. The van der Waals surface area contributed by atoms with Gasteiger partial charge in [-0.2, -0.15) is 0 Å². The summed E-state index contributed by atoms with van der Waals surface area (Å²) in [5.74, 6) is 0.0136. The number of para-hydroxylation sites is 2. The molecule has 9 nitrogen and oxygen atoms in total. The number of aromatic nitrogens is 1. The Kier molecular flexibility index (Phi) is 6.23. The molecule has 2 fully saturated rings. The summed E-state index contributed by atoms with van der Waals surface area (Å²) in [6.07, 6.45) is 2.21. The van der Waals surface area contributed by atoms with Crippen LogP contribution in [0.2, 0.25) is 0 Å². The summed E-state index contributed by atoms with van der Waals surface area (Å²) in [5, 5.41) is 3.96. The molecule has 0 bridgehead atoms. The molecule has 0 radical (unpaired) electrons. The van der Waals surface area contributed by atoms with E-state index in [1.54, 1.807) is 36.3 Å². The van der Waals surface area contributed by atoms with Gasteiger partial charge >= 0.3 is 6.03 Å². The zero-order valence-corrected chi connectivity index (χ0v) is 22.6. The molecule has 0 saturated carbocycles. The van der Waals surface area contributed by atoms with Crippen LogP contribution in [0.25, 0.3) is 10.9 Å². The normalized spacial score (nSPS) is 21.7. The van der Waals surface area contributed by atoms with E-state index in [4.69, 9.17) is 9.47 Å². The van der Waals surface area contributed by atoms with E-state index >= 15 is 0 Å². The molecule has 3 aromatic carbocycles. The first-order chi connectivity index (χ1) is 20.0. The summed E-state index contributed by atoms with van der Waals surface area (Å²) in [7, 11) is 1.61. The minimum absolute atomic E-state index is 0.0239. The molecular weight excluding hydrogens is 520 g/mol. The largest absolute Gasteiger partial charge is 0.497 e. The maximum Gasteiger partial charge on any atom is 0.332 e. The van der Waals surface area contributed by atoms with Gasteiger partial charge in [-0.05, 0) is 54.3 Å². The van der Waals surface area contributed by atoms with E-state index in [2.05, 4.69) is 10.3 Å². The van der Waals surface area contributed by atoms with Gasteiger partial charge in [0, 0.05) is 36.2 Å². The van der Waals surface area contributed by atoms with Gasteiger partial charge < -0.3 is 19.8 Å². The molecule has 0 aliphatic carbocycles. The van der Waals surface area contributed by atoms with E-state index in [1.807, 2.05) is 48.5 Å². The molecule has 4 aromatic rings. The molecule has 3 aliphatic rings. The number of ether oxygens (including phenoxy) is 2. The van der Waals surface area contributed by atoms with Crippen LogP contribution in [-0.2, 0) is 16.0 Å². The fourth-order valence-electron chi connectivity index (χ4n) is 6.40. The van der Waals surface area contributed by atoms with Crippen molar-refractivity contribution in [1.29, 1.82) is 0 Å². The Hall–Kier alpha value is -4.63. The van der Waals surface area contributed by atoms with E-state index in [-0.39, 0.29) is 29.2 Å². The van der Waals surface area contributed by atoms with Crippen LogP contribution in [0.1, 0.15) is 46.1 Å². The monoisotopic (exact) mass is 550 g/mol. The zero-order valence-electron chi connectivity index (χ0n) is 22.6. The van der Waals surface area contributed by atoms with Gasteiger partial charge in [-0.3, -0.25) is 14.5 Å². The summed E-state index contributed by atoms with van der Waals surface area (Å²) in [4.78, 5) is 48.0. The number of methoxy groups -OCH3 is 1. The Morgan fingerprint density at radius 1 is 1.05 bits per heavy atom. The van der Waals surface area contributed by atoms with Crippen molar-refractivity contribution in [2.75, 3.05) is 25.2 Å². The number of rotatable bonds is 6. The molecule has 41 heavy (non-hydrogen) atoms. The van der Waals surface area contributed by atoms with Crippen LogP contribution < -0.4 is 15.0 Å². The minimum Gasteiger partial charge on any atom is -0.497 e. The highest BCUT2D eigenvalue weighted by Gasteiger charge is 2.53. The Morgan fingerprint density at radius 2 is 1.83 bits per heavy atom. The third-order valence-electron chi connectivity index (χ3n) is 8.38. The zero-order chi connectivity index (χ0) is 28.1. The number of amides is 4. The van der Waals surface area contributed by atoms with Crippen molar-refractivity contribution in [1.82, 2.24) is 15.2 Å². The molecule has 4 amide bonds. The van der Waals surface area contributed by atoms with Gasteiger partial charge in [0.2, 0.25) is 0 Å². The van der Waals surface area contributed by atoms with Crippen molar-refractivity contribution in [2.45, 2.75) is 37.5 Å². The van der Waals surface area contributed by atoms with E-state index < -0.39 is 18.1 Å². The maximum absolute atomic E-state index is 14.3. The first kappa shape index (κ1) is 25.3. The Balaban J connectivity index is 1.28. The quantitative estimate of drug-likeness (QED) is 0.343. The SMILES string of the molecule is COc1ccc([C@H]2c3[nH]c4ccccc4c3C[C@H]3C(=O)N(c4ccccc4C(=O)NC[C@@H]4CCCO4)C(=O)N23)cc1. The Labute approximate surface area is 237 Å². The summed E-state index contributed by atoms with van der Waals surface area (Å²) in [6, 6.07) is 20.6.